The van der Waals surface area contributed by atoms with E-state index >= 15 is 0 Å². The lowest BCUT2D eigenvalue weighted by molar-refractivity contribution is -0.350. The predicted octanol–water partition coefficient (Wildman–Crippen LogP) is 2.75. The Morgan fingerprint density at radius 1 is 1.37 bits per heavy atom. The molecule has 0 saturated carbocycles. The molecule has 4 heteroatoms. The Hall–Kier alpha value is -1.57. The molecule has 19 heavy (non-hydrogen) atoms. The van der Waals surface area contributed by atoms with Crippen LogP contribution in [0.15, 0.2) is 18.2 Å². The van der Waals surface area contributed by atoms with E-state index in [1.54, 1.807) is 6.07 Å². The molecule has 4 nitrogen and oxygen atoms in total. The van der Waals surface area contributed by atoms with E-state index in [1.807, 2.05) is 32.9 Å². The van der Waals surface area contributed by atoms with Crippen molar-refractivity contribution < 1.29 is 14.5 Å². The van der Waals surface area contributed by atoms with Gasteiger partial charge in [0, 0.05) is 12.8 Å². The summed E-state index contributed by atoms with van der Waals surface area (Å²) in [6.07, 6.45) is 1.55. The van der Waals surface area contributed by atoms with Crippen molar-refractivity contribution in [3.8, 4) is 11.8 Å². The molecular weight excluding hydrogens is 242 g/mol. The number of rotatable bonds is 0. The molecule has 1 aromatic carbocycles. The van der Waals surface area contributed by atoms with Crippen LogP contribution in [0.4, 0.5) is 0 Å². The summed E-state index contributed by atoms with van der Waals surface area (Å²) >= 11 is 0. The first-order valence-electron chi connectivity index (χ1n) is 6.52. The van der Waals surface area contributed by atoms with Crippen LogP contribution in [0.3, 0.4) is 0 Å². The number of hydrogen-bond donors (Lipinski definition) is 0. The van der Waals surface area contributed by atoms with Gasteiger partial charge in [0.05, 0.1) is 17.7 Å². The van der Waals surface area contributed by atoms with Crippen LogP contribution in [0.25, 0.3) is 0 Å². The zero-order chi connectivity index (χ0) is 13.7. The van der Waals surface area contributed by atoms with Gasteiger partial charge in [0.15, 0.2) is 0 Å². The summed E-state index contributed by atoms with van der Waals surface area (Å²) in [7, 11) is 0. The average Bonchev–Trinajstić information content (AvgIpc) is 2.73. The van der Waals surface area contributed by atoms with Crippen LogP contribution in [0.1, 0.15) is 38.3 Å². The molecule has 100 valence electrons. The van der Waals surface area contributed by atoms with E-state index < -0.39 is 11.2 Å². The third-order valence-corrected chi connectivity index (χ3v) is 4.12. The lowest BCUT2D eigenvalue weighted by Gasteiger charge is -2.45. The molecule has 0 N–H and O–H groups in total. The topological polar surface area (TPSA) is 51.5 Å². The van der Waals surface area contributed by atoms with Gasteiger partial charge in [-0.1, -0.05) is 0 Å². The van der Waals surface area contributed by atoms with E-state index in [-0.39, 0.29) is 6.10 Å². The Kier molecular flexibility index (Phi) is 2.60. The van der Waals surface area contributed by atoms with Gasteiger partial charge >= 0.3 is 0 Å². The van der Waals surface area contributed by atoms with Crippen LogP contribution < -0.4 is 4.74 Å². The number of ether oxygens (including phenoxy) is 1. The minimum Gasteiger partial charge on any atom is -0.484 e. The van der Waals surface area contributed by atoms with E-state index in [4.69, 9.17) is 19.8 Å². The molecule has 0 bridgehead atoms. The molecule has 1 fully saturated rings. The highest BCUT2D eigenvalue weighted by atomic mass is 17.2. The van der Waals surface area contributed by atoms with Crippen molar-refractivity contribution in [1.29, 1.82) is 5.26 Å². The molecule has 2 aliphatic heterocycles. The number of benzene rings is 1. The largest absolute Gasteiger partial charge is 0.484 e. The van der Waals surface area contributed by atoms with Gasteiger partial charge in [-0.3, -0.25) is 0 Å². The first-order valence-corrected chi connectivity index (χ1v) is 6.52. The summed E-state index contributed by atoms with van der Waals surface area (Å²) in [6.45, 7) is 6.04. The van der Waals surface area contributed by atoms with Crippen molar-refractivity contribution in [2.45, 2.75) is 50.9 Å². The van der Waals surface area contributed by atoms with Gasteiger partial charge < -0.3 is 4.74 Å². The molecule has 0 radical (unpaired) electrons. The van der Waals surface area contributed by atoms with Crippen molar-refractivity contribution >= 4 is 0 Å². The first kappa shape index (κ1) is 12.5. The minimum atomic E-state index is -0.479. The molecule has 2 aliphatic rings. The third-order valence-electron chi connectivity index (χ3n) is 4.12. The van der Waals surface area contributed by atoms with Crippen LogP contribution >= 0.6 is 0 Å². The highest BCUT2D eigenvalue weighted by Crippen LogP contribution is 2.47. The predicted molar refractivity (Wildman–Crippen MR) is 68.5 cm³/mol. The van der Waals surface area contributed by atoms with Crippen LogP contribution in [0, 0.1) is 11.3 Å². The van der Waals surface area contributed by atoms with E-state index in [0.29, 0.717) is 12.0 Å². The maximum atomic E-state index is 8.99. The average molecular weight is 259 g/mol. The maximum absolute atomic E-state index is 8.99. The Balaban J connectivity index is 2.04. The highest BCUT2D eigenvalue weighted by Gasteiger charge is 2.56. The van der Waals surface area contributed by atoms with Crippen LogP contribution in [-0.4, -0.2) is 17.3 Å². The van der Waals surface area contributed by atoms with Crippen LogP contribution in [0.2, 0.25) is 0 Å². The summed E-state index contributed by atoms with van der Waals surface area (Å²) < 4.78 is 6.09. The lowest BCUT2D eigenvalue weighted by Crippen LogP contribution is -2.57. The minimum absolute atomic E-state index is 0.0589. The first-order chi connectivity index (χ1) is 8.96. The Labute approximate surface area is 112 Å². The molecule has 3 rings (SSSR count). The Morgan fingerprint density at radius 2 is 2.16 bits per heavy atom. The van der Waals surface area contributed by atoms with Gasteiger partial charge in [0.1, 0.15) is 17.0 Å². The second-order valence-electron chi connectivity index (χ2n) is 5.91. The third kappa shape index (κ3) is 1.81. The fraction of sp³-hybridized carbons (Fsp3) is 0.533. The Bertz CT molecular complexity index is 561. The van der Waals surface area contributed by atoms with E-state index in [9.17, 15) is 0 Å². The maximum Gasteiger partial charge on any atom is 0.149 e. The number of fused-ring (bicyclic) bond motifs is 1. The molecule has 2 unspecified atom stereocenters. The van der Waals surface area contributed by atoms with Crippen LogP contribution in [0.5, 0.6) is 5.75 Å². The fourth-order valence-corrected chi connectivity index (χ4v) is 2.93. The van der Waals surface area contributed by atoms with Gasteiger partial charge in [-0.2, -0.15) is 5.26 Å². The molecule has 0 amide bonds. The van der Waals surface area contributed by atoms with E-state index in [1.165, 1.54) is 0 Å². The smallest absolute Gasteiger partial charge is 0.149 e. The summed E-state index contributed by atoms with van der Waals surface area (Å²) in [5.74, 6) is 0.831. The molecule has 1 saturated heterocycles. The van der Waals surface area contributed by atoms with Gasteiger partial charge in [0.2, 0.25) is 0 Å². The lowest BCUT2D eigenvalue weighted by atomic mass is 9.75. The summed E-state index contributed by atoms with van der Waals surface area (Å²) in [5, 5.41) is 8.99. The van der Waals surface area contributed by atoms with Crippen LogP contribution in [-0.2, 0) is 16.2 Å². The van der Waals surface area contributed by atoms with Crippen molar-refractivity contribution in [1.82, 2.24) is 0 Å². The van der Waals surface area contributed by atoms with Gasteiger partial charge in [0.25, 0.3) is 0 Å². The molecule has 0 aliphatic carbocycles. The second kappa shape index (κ2) is 3.96. The standard InChI is InChI=1S/C15H17NO3/c1-10-7-15(19-18-10)8-12-6-11(9-16)4-5-13(12)17-14(15,2)3/h4-6,10H,7-8H2,1-3H3. The molecule has 1 spiro atoms. The van der Waals surface area contributed by atoms with Crippen molar-refractivity contribution in [3.63, 3.8) is 0 Å². The number of nitrogens with zero attached hydrogens (tertiary/aromatic N) is 1. The molecule has 2 heterocycles. The molecule has 0 aromatic heterocycles. The zero-order valence-electron chi connectivity index (χ0n) is 11.4. The fourth-order valence-electron chi connectivity index (χ4n) is 2.93. The second-order valence-corrected chi connectivity index (χ2v) is 5.91. The van der Waals surface area contributed by atoms with E-state index in [2.05, 4.69) is 6.07 Å². The quantitative estimate of drug-likeness (QED) is 0.672. The monoisotopic (exact) mass is 259 g/mol. The number of nitriles is 1. The summed E-state index contributed by atoms with van der Waals surface area (Å²) in [6, 6.07) is 7.67. The van der Waals surface area contributed by atoms with Gasteiger partial charge in [-0.25, -0.2) is 9.78 Å². The highest BCUT2D eigenvalue weighted by molar-refractivity contribution is 5.45. The normalized spacial score (nSPS) is 31.6. The number of hydrogen-bond acceptors (Lipinski definition) is 4. The summed E-state index contributed by atoms with van der Waals surface area (Å²) in [5.41, 5.74) is 0.715. The van der Waals surface area contributed by atoms with Gasteiger partial charge in [-0.05, 0) is 44.5 Å². The Morgan fingerprint density at radius 3 is 2.79 bits per heavy atom. The van der Waals surface area contributed by atoms with E-state index in [0.717, 1.165) is 17.7 Å². The van der Waals surface area contributed by atoms with Crippen molar-refractivity contribution in [2.75, 3.05) is 0 Å². The van der Waals surface area contributed by atoms with Gasteiger partial charge in [-0.15, -0.1) is 0 Å². The zero-order valence-corrected chi connectivity index (χ0v) is 11.4. The SMILES string of the molecule is CC1CC2(Cc3cc(C#N)ccc3OC2(C)C)OO1. The molecule has 1 aromatic rings. The molecule has 2 atom stereocenters. The summed E-state index contributed by atoms with van der Waals surface area (Å²) in [4.78, 5) is 10.9. The van der Waals surface area contributed by atoms with Crippen molar-refractivity contribution in [2.24, 2.45) is 0 Å². The molecular formula is C15H17NO3. The van der Waals surface area contributed by atoms with Crippen molar-refractivity contribution in [3.05, 3.63) is 29.3 Å².